The highest BCUT2D eigenvalue weighted by Gasteiger charge is 2.29. The number of sulfonamides is 1. The molecule has 0 saturated carbocycles. The quantitative estimate of drug-likeness (QED) is 0.801. The number of hydrogen-bond donors (Lipinski definition) is 2. The van der Waals surface area contributed by atoms with Gasteiger partial charge in [-0.1, -0.05) is 24.3 Å². The minimum atomic E-state index is -3.55. The summed E-state index contributed by atoms with van der Waals surface area (Å²) >= 11 is 0. The molecule has 7 nitrogen and oxygen atoms in total. The number of carbonyl (C=O) groups excluding carboxylic acids is 1. The first kappa shape index (κ1) is 17.9. The van der Waals surface area contributed by atoms with Gasteiger partial charge in [0, 0.05) is 18.5 Å². The van der Waals surface area contributed by atoms with Crippen LogP contribution in [0.5, 0.6) is 5.75 Å². The Morgan fingerprint density at radius 1 is 1.15 bits per heavy atom. The summed E-state index contributed by atoms with van der Waals surface area (Å²) in [7, 11) is -1.95. The Bertz CT molecular complexity index is 937. The van der Waals surface area contributed by atoms with Gasteiger partial charge in [0.05, 0.1) is 18.6 Å². The molecule has 3 rings (SSSR count). The SMILES string of the molecule is COc1ccc(CNC(=O)CCN=C2NS(=O)(=O)c3ccccc32)cc1. The first-order valence-electron chi connectivity index (χ1n) is 8.06. The lowest BCUT2D eigenvalue weighted by molar-refractivity contribution is -0.121. The normalized spacial score (nSPS) is 16.0. The van der Waals surface area contributed by atoms with Crippen molar-refractivity contribution < 1.29 is 17.9 Å². The van der Waals surface area contributed by atoms with E-state index in [9.17, 15) is 13.2 Å². The molecule has 2 N–H and O–H groups in total. The van der Waals surface area contributed by atoms with Gasteiger partial charge in [-0.05, 0) is 29.8 Å². The molecule has 0 atom stereocenters. The number of hydrogen-bond acceptors (Lipinski definition) is 5. The number of methoxy groups -OCH3 is 1. The smallest absolute Gasteiger partial charge is 0.263 e. The van der Waals surface area contributed by atoms with E-state index >= 15 is 0 Å². The monoisotopic (exact) mass is 373 g/mol. The van der Waals surface area contributed by atoms with E-state index in [1.165, 1.54) is 6.07 Å². The molecule has 2 aromatic carbocycles. The summed E-state index contributed by atoms with van der Waals surface area (Å²) in [6.45, 7) is 0.607. The molecular formula is C18H19N3O4S. The van der Waals surface area contributed by atoms with Gasteiger partial charge in [0.1, 0.15) is 11.6 Å². The minimum Gasteiger partial charge on any atom is -0.497 e. The summed E-state index contributed by atoms with van der Waals surface area (Å²) < 4.78 is 31.5. The molecule has 0 saturated heterocycles. The highest BCUT2D eigenvalue weighted by Crippen LogP contribution is 2.22. The fourth-order valence-electron chi connectivity index (χ4n) is 2.55. The fourth-order valence-corrected chi connectivity index (χ4v) is 3.80. The molecule has 136 valence electrons. The number of carbonyl (C=O) groups is 1. The van der Waals surface area contributed by atoms with E-state index in [2.05, 4.69) is 15.0 Å². The van der Waals surface area contributed by atoms with Gasteiger partial charge >= 0.3 is 0 Å². The molecular weight excluding hydrogens is 354 g/mol. The largest absolute Gasteiger partial charge is 0.497 e. The summed E-state index contributed by atoms with van der Waals surface area (Å²) in [5, 5.41) is 2.81. The molecule has 8 heteroatoms. The van der Waals surface area contributed by atoms with Crippen LogP contribution in [0.15, 0.2) is 58.4 Å². The maximum Gasteiger partial charge on any atom is 0.263 e. The second-order valence-corrected chi connectivity index (χ2v) is 7.36. The second-order valence-electron chi connectivity index (χ2n) is 5.71. The van der Waals surface area contributed by atoms with E-state index in [1.54, 1.807) is 25.3 Å². The van der Waals surface area contributed by atoms with Crippen molar-refractivity contribution in [3.05, 3.63) is 59.7 Å². The molecule has 0 aliphatic carbocycles. The zero-order valence-electron chi connectivity index (χ0n) is 14.2. The van der Waals surface area contributed by atoms with E-state index in [0.717, 1.165) is 11.3 Å². The summed E-state index contributed by atoms with van der Waals surface area (Å²) in [4.78, 5) is 16.4. The van der Waals surface area contributed by atoms with Crippen molar-refractivity contribution in [1.29, 1.82) is 0 Å². The number of benzene rings is 2. The van der Waals surface area contributed by atoms with E-state index in [-0.39, 0.29) is 29.6 Å². The highest BCUT2D eigenvalue weighted by atomic mass is 32.2. The minimum absolute atomic E-state index is 0.153. The highest BCUT2D eigenvalue weighted by molar-refractivity contribution is 7.90. The first-order valence-corrected chi connectivity index (χ1v) is 9.54. The van der Waals surface area contributed by atoms with Crippen molar-refractivity contribution in [2.24, 2.45) is 4.99 Å². The Kier molecular flexibility index (Phi) is 5.22. The van der Waals surface area contributed by atoms with Gasteiger partial charge in [-0.15, -0.1) is 0 Å². The molecule has 0 unspecified atom stereocenters. The van der Waals surface area contributed by atoms with Crippen LogP contribution in [0, 0.1) is 0 Å². The number of amides is 1. The van der Waals surface area contributed by atoms with Crippen molar-refractivity contribution in [2.75, 3.05) is 13.7 Å². The Labute approximate surface area is 152 Å². The average Bonchev–Trinajstić information content (AvgIpc) is 2.91. The van der Waals surface area contributed by atoms with E-state index in [1.807, 2.05) is 24.3 Å². The third-order valence-electron chi connectivity index (χ3n) is 3.92. The number of rotatable bonds is 6. The van der Waals surface area contributed by atoms with Gasteiger partial charge in [-0.2, -0.15) is 0 Å². The summed E-state index contributed by atoms with van der Waals surface area (Å²) in [6, 6.07) is 14.0. The van der Waals surface area contributed by atoms with Gasteiger partial charge in [-0.25, -0.2) is 8.42 Å². The van der Waals surface area contributed by atoms with Crippen LogP contribution in [-0.4, -0.2) is 33.8 Å². The predicted molar refractivity (Wildman–Crippen MR) is 97.6 cm³/mol. The van der Waals surface area contributed by atoms with E-state index in [4.69, 9.17) is 4.74 Å². The summed E-state index contributed by atoms with van der Waals surface area (Å²) in [5.41, 5.74) is 1.49. The number of nitrogens with one attached hydrogen (secondary N) is 2. The first-order chi connectivity index (χ1) is 12.5. The van der Waals surface area contributed by atoms with Crippen LogP contribution in [0.1, 0.15) is 17.5 Å². The number of amidine groups is 1. The molecule has 0 radical (unpaired) electrons. The summed E-state index contributed by atoms with van der Waals surface area (Å²) in [6.07, 6.45) is 0.170. The van der Waals surface area contributed by atoms with Crippen LogP contribution in [0.4, 0.5) is 0 Å². The average molecular weight is 373 g/mol. The van der Waals surface area contributed by atoms with Gasteiger partial charge in [0.2, 0.25) is 5.91 Å². The van der Waals surface area contributed by atoms with Crippen molar-refractivity contribution in [2.45, 2.75) is 17.9 Å². The fraction of sp³-hybridized carbons (Fsp3) is 0.222. The Hall–Kier alpha value is -2.87. The summed E-state index contributed by atoms with van der Waals surface area (Å²) in [5.74, 6) is 0.887. The topological polar surface area (TPSA) is 96.9 Å². The third kappa shape index (κ3) is 4.02. The van der Waals surface area contributed by atoms with Gasteiger partial charge < -0.3 is 10.1 Å². The Balaban J connectivity index is 1.53. The molecule has 1 aliphatic rings. The third-order valence-corrected chi connectivity index (χ3v) is 5.32. The molecule has 26 heavy (non-hydrogen) atoms. The van der Waals surface area contributed by atoms with Gasteiger partial charge in [0.25, 0.3) is 10.0 Å². The van der Waals surface area contributed by atoms with Crippen LogP contribution in [0.25, 0.3) is 0 Å². The Morgan fingerprint density at radius 3 is 2.62 bits per heavy atom. The molecule has 1 aliphatic heterocycles. The van der Waals surface area contributed by atoms with Crippen LogP contribution >= 0.6 is 0 Å². The Morgan fingerprint density at radius 2 is 1.88 bits per heavy atom. The lowest BCUT2D eigenvalue weighted by atomic mass is 10.2. The number of fused-ring (bicyclic) bond motifs is 1. The van der Waals surface area contributed by atoms with Gasteiger partial charge in [-0.3, -0.25) is 14.5 Å². The maximum absolute atomic E-state index is 12.0. The number of ether oxygens (including phenoxy) is 1. The molecule has 0 aromatic heterocycles. The number of aliphatic imine (C=N–C) groups is 1. The standard InChI is InChI=1S/C18H19N3O4S/c1-25-14-8-6-13(7-9-14)12-20-17(22)10-11-19-18-15-4-2-3-5-16(15)26(23,24)21-18/h2-9H,10-12H2,1H3,(H,19,21)(H,20,22). The zero-order valence-corrected chi connectivity index (χ0v) is 15.0. The van der Waals surface area contributed by atoms with Crippen molar-refractivity contribution in [3.8, 4) is 5.75 Å². The van der Waals surface area contributed by atoms with E-state index in [0.29, 0.717) is 12.1 Å². The maximum atomic E-state index is 12.0. The van der Waals surface area contributed by atoms with Crippen LogP contribution in [-0.2, 0) is 21.4 Å². The second kappa shape index (κ2) is 7.57. The predicted octanol–water partition coefficient (Wildman–Crippen LogP) is 1.44. The molecule has 2 aromatic rings. The molecule has 1 amide bonds. The molecule has 0 fully saturated rings. The van der Waals surface area contributed by atoms with Crippen molar-refractivity contribution in [3.63, 3.8) is 0 Å². The molecule has 0 bridgehead atoms. The van der Waals surface area contributed by atoms with Crippen LogP contribution in [0.3, 0.4) is 0 Å². The molecule has 1 heterocycles. The van der Waals surface area contributed by atoms with Crippen molar-refractivity contribution in [1.82, 2.24) is 10.0 Å². The van der Waals surface area contributed by atoms with Crippen LogP contribution < -0.4 is 14.8 Å². The lowest BCUT2D eigenvalue weighted by Gasteiger charge is -2.06. The lowest BCUT2D eigenvalue weighted by Crippen LogP contribution is -2.25. The van der Waals surface area contributed by atoms with E-state index < -0.39 is 10.0 Å². The van der Waals surface area contributed by atoms with Gasteiger partial charge in [0.15, 0.2) is 0 Å². The van der Waals surface area contributed by atoms with Crippen molar-refractivity contribution >= 4 is 21.8 Å². The number of nitrogens with zero attached hydrogens (tertiary/aromatic N) is 1. The van der Waals surface area contributed by atoms with Crippen LogP contribution in [0.2, 0.25) is 0 Å². The molecule has 0 spiro atoms. The zero-order chi connectivity index (χ0) is 18.6.